The third-order valence-electron chi connectivity index (χ3n) is 6.03. The van der Waals surface area contributed by atoms with E-state index in [1.54, 1.807) is 26.4 Å². The Bertz CT molecular complexity index is 1580. The molecule has 0 atom stereocenters. The monoisotopic (exact) mass is 513 g/mol. The number of methoxy groups -OCH3 is 2. The molecule has 5 aromatic rings. The summed E-state index contributed by atoms with van der Waals surface area (Å²) in [7, 11) is 3.17. The van der Waals surface area contributed by atoms with E-state index in [1.165, 1.54) is 23.5 Å². The number of benzene rings is 3. The molecule has 0 aliphatic heterocycles. The number of ether oxygens (including phenoxy) is 2. The van der Waals surface area contributed by atoms with Gasteiger partial charge in [0.1, 0.15) is 15.5 Å². The number of rotatable bonds is 7. The van der Waals surface area contributed by atoms with Gasteiger partial charge in [-0.05, 0) is 29.8 Å². The molecule has 3 aromatic carbocycles. The number of carbonyl (C=O) groups excluding carboxylic acids is 1. The van der Waals surface area contributed by atoms with Gasteiger partial charge in [0.15, 0.2) is 11.5 Å². The largest absolute Gasteiger partial charge is 0.493 e. The van der Waals surface area contributed by atoms with E-state index in [4.69, 9.17) is 20.2 Å². The molecule has 3 N–H and O–H groups in total. The van der Waals surface area contributed by atoms with Gasteiger partial charge in [-0.1, -0.05) is 54.6 Å². The second-order valence-corrected chi connectivity index (χ2v) is 9.30. The van der Waals surface area contributed by atoms with Gasteiger partial charge in [0, 0.05) is 28.6 Å². The zero-order valence-corrected chi connectivity index (χ0v) is 21.1. The highest BCUT2D eigenvalue weighted by atomic mass is 32.1. The number of para-hydroxylation sites is 1. The Labute approximate surface area is 217 Å². The van der Waals surface area contributed by atoms with Crippen LogP contribution < -0.4 is 20.5 Å². The van der Waals surface area contributed by atoms with E-state index in [0.29, 0.717) is 32.3 Å². The molecule has 0 saturated carbocycles. The smallest absolute Gasteiger partial charge is 0.263 e. The SMILES string of the molecule is COc1cccc(-c2cc(-c3ccccc3)nc3sc(C(=O)NCc4ccc(F)cc4)c(N)c23)c1OC. The van der Waals surface area contributed by atoms with Crippen LogP contribution in [-0.4, -0.2) is 25.1 Å². The van der Waals surface area contributed by atoms with Gasteiger partial charge in [-0.15, -0.1) is 11.3 Å². The number of anilines is 1. The number of hydrogen-bond donors (Lipinski definition) is 2. The van der Waals surface area contributed by atoms with Gasteiger partial charge in [0.25, 0.3) is 5.91 Å². The van der Waals surface area contributed by atoms with Crippen LogP contribution >= 0.6 is 11.3 Å². The number of nitrogens with two attached hydrogens (primary N) is 1. The van der Waals surface area contributed by atoms with E-state index in [1.807, 2.05) is 54.6 Å². The molecule has 0 unspecified atom stereocenters. The van der Waals surface area contributed by atoms with E-state index < -0.39 is 0 Å². The lowest BCUT2D eigenvalue weighted by Crippen LogP contribution is -2.22. The number of aromatic nitrogens is 1. The van der Waals surface area contributed by atoms with E-state index in [0.717, 1.165) is 27.9 Å². The highest BCUT2D eigenvalue weighted by Crippen LogP contribution is 2.46. The molecule has 186 valence electrons. The van der Waals surface area contributed by atoms with Gasteiger partial charge in [-0.2, -0.15) is 0 Å². The first-order valence-electron chi connectivity index (χ1n) is 11.5. The first-order chi connectivity index (χ1) is 18.0. The van der Waals surface area contributed by atoms with Crippen molar-refractivity contribution in [2.45, 2.75) is 6.54 Å². The molecule has 6 nitrogen and oxygen atoms in total. The van der Waals surface area contributed by atoms with Crippen LogP contribution in [0.5, 0.6) is 11.5 Å². The normalized spacial score (nSPS) is 10.9. The Balaban J connectivity index is 1.65. The van der Waals surface area contributed by atoms with Gasteiger partial charge in [0.2, 0.25) is 0 Å². The Morgan fingerprint density at radius 3 is 2.43 bits per heavy atom. The van der Waals surface area contributed by atoms with Crippen LogP contribution in [0, 0.1) is 5.82 Å². The van der Waals surface area contributed by atoms with Crippen molar-refractivity contribution in [1.29, 1.82) is 0 Å². The number of hydrogen-bond acceptors (Lipinski definition) is 6. The van der Waals surface area contributed by atoms with Gasteiger partial charge >= 0.3 is 0 Å². The molecular weight excluding hydrogens is 489 g/mol. The van der Waals surface area contributed by atoms with Gasteiger partial charge in [0.05, 0.1) is 25.6 Å². The topological polar surface area (TPSA) is 86.5 Å². The van der Waals surface area contributed by atoms with Crippen LogP contribution in [-0.2, 0) is 6.54 Å². The Hall–Kier alpha value is -4.43. The van der Waals surface area contributed by atoms with E-state index in [9.17, 15) is 9.18 Å². The number of nitrogens with one attached hydrogen (secondary N) is 1. The summed E-state index contributed by atoms with van der Waals surface area (Å²) in [5, 5.41) is 3.55. The van der Waals surface area contributed by atoms with Crippen molar-refractivity contribution < 1.29 is 18.7 Å². The molecule has 2 aromatic heterocycles. The van der Waals surface area contributed by atoms with Crippen LogP contribution in [0.15, 0.2) is 78.9 Å². The van der Waals surface area contributed by atoms with Crippen molar-refractivity contribution >= 4 is 33.1 Å². The number of carbonyl (C=O) groups is 1. The fourth-order valence-corrected chi connectivity index (χ4v) is 5.26. The molecule has 0 aliphatic rings. The predicted molar refractivity (Wildman–Crippen MR) is 146 cm³/mol. The summed E-state index contributed by atoms with van der Waals surface area (Å²) in [5.74, 6) is 0.487. The maximum atomic E-state index is 13.2. The summed E-state index contributed by atoms with van der Waals surface area (Å²) >= 11 is 1.23. The van der Waals surface area contributed by atoms with Crippen molar-refractivity contribution in [3.63, 3.8) is 0 Å². The number of fused-ring (bicyclic) bond motifs is 1. The maximum absolute atomic E-state index is 13.2. The molecule has 0 aliphatic carbocycles. The minimum absolute atomic E-state index is 0.242. The van der Waals surface area contributed by atoms with Crippen LogP contribution in [0.3, 0.4) is 0 Å². The number of pyridine rings is 1. The van der Waals surface area contributed by atoms with Crippen LogP contribution in [0.1, 0.15) is 15.2 Å². The standard InChI is InChI=1S/C29H24FN3O3S/c1-35-23-10-6-9-20(26(23)36-2)21-15-22(18-7-4-3-5-8-18)33-29-24(21)25(31)27(37-29)28(34)32-16-17-11-13-19(30)14-12-17/h3-15H,16,31H2,1-2H3,(H,32,34). The number of amides is 1. The Kier molecular flexibility index (Phi) is 6.74. The summed E-state index contributed by atoms with van der Waals surface area (Å²) in [6.45, 7) is 0.242. The van der Waals surface area contributed by atoms with Crippen LogP contribution in [0.25, 0.3) is 32.6 Å². The van der Waals surface area contributed by atoms with Crippen molar-refractivity contribution in [2.24, 2.45) is 0 Å². The Morgan fingerprint density at radius 2 is 1.73 bits per heavy atom. The zero-order valence-electron chi connectivity index (χ0n) is 20.2. The maximum Gasteiger partial charge on any atom is 0.263 e. The second kappa shape index (κ2) is 10.3. The van der Waals surface area contributed by atoms with E-state index in [-0.39, 0.29) is 18.3 Å². The fraction of sp³-hybridized carbons (Fsp3) is 0.103. The second-order valence-electron chi connectivity index (χ2n) is 8.30. The summed E-state index contributed by atoms with van der Waals surface area (Å²) in [6.07, 6.45) is 0. The lowest BCUT2D eigenvalue weighted by Gasteiger charge is -2.15. The van der Waals surface area contributed by atoms with Crippen molar-refractivity contribution in [3.8, 4) is 33.9 Å². The average molecular weight is 514 g/mol. The number of halogens is 1. The first-order valence-corrected chi connectivity index (χ1v) is 12.3. The van der Waals surface area contributed by atoms with E-state index >= 15 is 0 Å². The molecule has 8 heteroatoms. The molecule has 1 amide bonds. The zero-order chi connectivity index (χ0) is 25.9. The van der Waals surface area contributed by atoms with Crippen LogP contribution in [0.4, 0.5) is 10.1 Å². The van der Waals surface area contributed by atoms with Gasteiger partial charge < -0.3 is 20.5 Å². The lowest BCUT2D eigenvalue weighted by atomic mass is 9.98. The number of nitrogens with zero attached hydrogens (tertiary/aromatic N) is 1. The molecule has 0 radical (unpaired) electrons. The minimum Gasteiger partial charge on any atom is -0.493 e. The third kappa shape index (κ3) is 4.71. The molecule has 2 heterocycles. The van der Waals surface area contributed by atoms with Crippen molar-refractivity contribution in [2.75, 3.05) is 20.0 Å². The fourth-order valence-electron chi connectivity index (χ4n) is 4.22. The minimum atomic E-state index is -0.329. The summed E-state index contributed by atoms with van der Waals surface area (Å²) < 4.78 is 24.5. The average Bonchev–Trinajstić information content (AvgIpc) is 3.28. The van der Waals surface area contributed by atoms with Crippen molar-refractivity contribution in [1.82, 2.24) is 10.3 Å². The molecular formula is C29H24FN3O3S. The van der Waals surface area contributed by atoms with E-state index in [2.05, 4.69) is 5.32 Å². The quantitative estimate of drug-likeness (QED) is 0.267. The lowest BCUT2D eigenvalue weighted by molar-refractivity contribution is 0.0956. The van der Waals surface area contributed by atoms with Crippen LogP contribution in [0.2, 0.25) is 0 Å². The Morgan fingerprint density at radius 1 is 0.973 bits per heavy atom. The first kappa shape index (κ1) is 24.3. The summed E-state index contributed by atoms with van der Waals surface area (Å²) in [4.78, 5) is 19.0. The third-order valence-corrected chi connectivity index (χ3v) is 7.13. The van der Waals surface area contributed by atoms with Crippen molar-refractivity contribution in [3.05, 3.63) is 95.1 Å². The van der Waals surface area contributed by atoms with Gasteiger partial charge in [-0.3, -0.25) is 4.79 Å². The highest BCUT2D eigenvalue weighted by Gasteiger charge is 2.23. The molecule has 0 saturated heterocycles. The van der Waals surface area contributed by atoms with Gasteiger partial charge in [-0.25, -0.2) is 9.37 Å². The molecule has 5 rings (SSSR count). The molecule has 0 spiro atoms. The summed E-state index contributed by atoms with van der Waals surface area (Å²) in [6, 6.07) is 23.4. The molecule has 37 heavy (non-hydrogen) atoms. The molecule has 0 fully saturated rings. The highest BCUT2D eigenvalue weighted by molar-refractivity contribution is 7.21. The number of thiophene rings is 1. The summed E-state index contributed by atoms with van der Waals surface area (Å²) in [5.41, 5.74) is 11.0. The predicted octanol–water partition coefficient (Wildman–Crippen LogP) is 6.30. The number of nitrogen functional groups attached to an aromatic ring is 1. The molecule has 0 bridgehead atoms.